The van der Waals surface area contributed by atoms with Gasteiger partial charge in [0.05, 0.1) is 12.7 Å². The Bertz CT molecular complexity index is 663. The molecule has 0 saturated heterocycles. The lowest BCUT2D eigenvalue weighted by atomic mass is 10.1. The largest absolute Gasteiger partial charge is 0.496 e. The number of allylic oxidation sites excluding steroid dienone is 1. The number of hydrogen-bond acceptors (Lipinski definition) is 2. The van der Waals surface area contributed by atoms with Crippen molar-refractivity contribution >= 4 is 11.9 Å². The second-order valence-corrected chi connectivity index (χ2v) is 4.06. The van der Waals surface area contributed by atoms with Gasteiger partial charge in [-0.2, -0.15) is 0 Å². The minimum absolute atomic E-state index is 0.169. The topological polar surface area (TPSA) is 26.3 Å². The maximum absolute atomic E-state index is 13.5. The lowest BCUT2D eigenvalue weighted by Gasteiger charge is -2.03. The van der Waals surface area contributed by atoms with Gasteiger partial charge in [0, 0.05) is 11.6 Å². The van der Waals surface area contributed by atoms with E-state index in [1.807, 2.05) is 0 Å². The van der Waals surface area contributed by atoms with Gasteiger partial charge in [0.2, 0.25) is 0 Å². The van der Waals surface area contributed by atoms with Gasteiger partial charge in [-0.05, 0) is 30.4 Å². The number of hydrogen-bond donors (Lipinski definition) is 0. The SMILES string of the molecule is COc1ccccc1/C=C/C(=O)c1ccc(F)cc1F. The van der Waals surface area contributed by atoms with Gasteiger partial charge < -0.3 is 4.74 Å². The predicted octanol–water partition coefficient (Wildman–Crippen LogP) is 3.87. The zero-order valence-corrected chi connectivity index (χ0v) is 10.8. The Labute approximate surface area is 115 Å². The number of methoxy groups -OCH3 is 1. The first kappa shape index (κ1) is 13.9. The summed E-state index contributed by atoms with van der Waals surface area (Å²) in [5, 5.41) is 0. The number of ketones is 1. The third-order valence-corrected chi connectivity index (χ3v) is 2.75. The van der Waals surface area contributed by atoms with Gasteiger partial charge in [-0.25, -0.2) is 8.78 Å². The van der Waals surface area contributed by atoms with E-state index in [9.17, 15) is 13.6 Å². The molecule has 102 valence electrons. The van der Waals surface area contributed by atoms with Crippen molar-refractivity contribution in [1.82, 2.24) is 0 Å². The number of rotatable bonds is 4. The number of ether oxygens (including phenoxy) is 1. The highest BCUT2D eigenvalue weighted by atomic mass is 19.1. The van der Waals surface area contributed by atoms with Gasteiger partial charge >= 0.3 is 0 Å². The minimum Gasteiger partial charge on any atom is -0.496 e. The average molecular weight is 274 g/mol. The Morgan fingerprint density at radius 1 is 1.15 bits per heavy atom. The fourth-order valence-corrected chi connectivity index (χ4v) is 1.75. The number of para-hydroxylation sites is 1. The number of carbonyl (C=O) groups is 1. The third-order valence-electron chi connectivity index (χ3n) is 2.75. The Morgan fingerprint density at radius 2 is 1.90 bits per heavy atom. The van der Waals surface area contributed by atoms with Crippen molar-refractivity contribution in [3.05, 3.63) is 71.3 Å². The number of halogens is 2. The molecule has 4 heteroatoms. The van der Waals surface area contributed by atoms with E-state index in [1.165, 1.54) is 19.3 Å². The summed E-state index contributed by atoms with van der Waals surface area (Å²) in [6.07, 6.45) is 2.76. The van der Waals surface area contributed by atoms with Crippen LogP contribution in [0.2, 0.25) is 0 Å². The monoisotopic (exact) mass is 274 g/mol. The first-order chi connectivity index (χ1) is 9.61. The summed E-state index contributed by atoms with van der Waals surface area (Å²) in [5.41, 5.74) is 0.531. The molecule has 0 bridgehead atoms. The third kappa shape index (κ3) is 3.09. The van der Waals surface area contributed by atoms with Crippen LogP contribution in [0.15, 0.2) is 48.5 Å². The highest BCUT2D eigenvalue weighted by Gasteiger charge is 2.09. The molecule has 0 fully saturated rings. The van der Waals surface area contributed by atoms with E-state index in [-0.39, 0.29) is 5.56 Å². The standard InChI is InChI=1S/C16H12F2O2/c1-20-16-5-3-2-4-11(16)6-9-15(19)13-8-7-12(17)10-14(13)18/h2-10H,1H3/b9-6+. The molecule has 0 aromatic heterocycles. The fourth-order valence-electron chi connectivity index (χ4n) is 1.75. The van der Waals surface area contributed by atoms with Crippen molar-refractivity contribution in [3.63, 3.8) is 0 Å². The first-order valence-electron chi connectivity index (χ1n) is 5.92. The van der Waals surface area contributed by atoms with Crippen LogP contribution in [0.5, 0.6) is 5.75 Å². The molecular weight excluding hydrogens is 262 g/mol. The molecule has 0 heterocycles. The summed E-state index contributed by atoms with van der Waals surface area (Å²) in [7, 11) is 1.52. The Kier molecular flexibility index (Phi) is 4.25. The Hall–Kier alpha value is -2.49. The van der Waals surface area contributed by atoms with Crippen LogP contribution in [0.25, 0.3) is 6.08 Å². The molecule has 0 N–H and O–H groups in total. The molecule has 0 aliphatic rings. The average Bonchev–Trinajstić information content (AvgIpc) is 2.45. The van der Waals surface area contributed by atoms with Gasteiger partial charge in [-0.3, -0.25) is 4.79 Å². The molecule has 2 aromatic carbocycles. The van der Waals surface area contributed by atoms with Crippen molar-refractivity contribution in [3.8, 4) is 5.75 Å². The summed E-state index contributed by atoms with van der Waals surface area (Å²) in [4.78, 5) is 11.9. The van der Waals surface area contributed by atoms with Crippen molar-refractivity contribution in [2.75, 3.05) is 7.11 Å². The van der Waals surface area contributed by atoms with Crippen molar-refractivity contribution < 1.29 is 18.3 Å². The van der Waals surface area contributed by atoms with Gasteiger partial charge in [-0.1, -0.05) is 18.2 Å². The molecule has 20 heavy (non-hydrogen) atoms. The lowest BCUT2D eigenvalue weighted by molar-refractivity contribution is 0.104. The molecule has 0 spiro atoms. The molecule has 2 rings (SSSR count). The highest BCUT2D eigenvalue weighted by molar-refractivity contribution is 6.07. The summed E-state index contributed by atoms with van der Waals surface area (Å²) >= 11 is 0. The van der Waals surface area contributed by atoms with E-state index < -0.39 is 17.4 Å². The van der Waals surface area contributed by atoms with E-state index in [1.54, 1.807) is 24.3 Å². The summed E-state index contributed by atoms with van der Waals surface area (Å²) in [6, 6.07) is 9.98. The molecule has 0 atom stereocenters. The van der Waals surface area contributed by atoms with Crippen LogP contribution in [0.1, 0.15) is 15.9 Å². The maximum Gasteiger partial charge on any atom is 0.188 e. The summed E-state index contributed by atoms with van der Waals surface area (Å²) in [6.45, 7) is 0. The van der Waals surface area contributed by atoms with E-state index in [4.69, 9.17) is 4.74 Å². The van der Waals surface area contributed by atoms with Gasteiger partial charge in [0.15, 0.2) is 5.78 Å². The molecule has 0 unspecified atom stereocenters. The van der Waals surface area contributed by atoms with E-state index in [2.05, 4.69) is 0 Å². The number of carbonyl (C=O) groups excluding carboxylic acids is 1. The van der Waals surface area contributed by atoms with Crippen LogP contribution in [-0.2, 0) is 0 Å². The second kappa shape index (κ2) is 6.10. The molecule has 0 aliphatic heterocycles. The van der Waals surface area contributed by atoms with E-state index in [0.717, 1.165) is 12.1 Å². The van der Waals surface area contributed by atoms with Gasteiger partial charge in [-0.15, -0.1) is 0 Å². The van der Waals surface area contributed by atoms with Crippen LogP contribution in [0.3, 0.4) is 0 Å². The molecule has 0 amide bonds. The zero-order chi connectivity index (χ0) is 14.5. The van der Waals surface area contributed by atoms with Crippen LogP contribution in [-0.4, -0.2) is 12.9 Å². The Balaban J connectivity index is 2.25. The molecule has 0 radical (unpaired) electrons. The molecular formula is C16H12F2O2. The van der Waals surface area contributed by atoms with Crippen molar-refractivity contribution in [1.29, 1.82) is 0 Å². The Morgan fingerprint density at radius 3 is 2.60 bits per heavy atom. The fraction of sp³-hybridized carbons (Fsp3) is 0.0625. The van der Waals surface area contributed by atoms with Crippen molar-refractivity contribution in [2.24, 2.45) is 0 Å². The summed E-state index contributed by atoms with van der Waals surface area (Å²) < 4.78 is 31.4. The normalized spacial score (nSPS) is 10.8. The minimum atomic E-state index is -0.875. The van der Waals surface area contributed by atoms with Crippen molar-refractivity contribution in [2.45, 2.75) is 0 Å². The first-order valence-corrected chi connectivity index (χ1v) is 5.92. The molecule has 2 nitrogen and oxygen atoms in total. The molecule has 0 aliphatic carbocycles. The highest BCUT2D eigenvalue weighted by Crippen LogP contribution is 2.19. The second-order valence-electron chi connectivity index (χ2n) is 4.06. The van der Waals surface area contributed by atoms with Crippen LogP contribution >= 0.6 is 0 Å². The quantitative estimate of drug-likeness (QED) is 0.625. The van der Waals surface area contributed by atoms with Crippen LogP contribution in [0.4, 0.5) is 8.78 Å². The van der Waals surface area contributed by atoms with Crippen LogP contribution < -0.4 is 4.74 Å². The smallest absolute Gasteiger partial charge is 0.188 e. The van der Waals surface area contributed by atoms with E-state index >= 15 is 0 Å². The zero-order valence-electron chi connectivity index (χ0n) is 10.8. The maximum atomic E-state index is 13.5. The van der Waals surface area contributed by atoms with Crippen LogP contribution in [0, 0.1) is 11.6 Å². The molecule has 0 saturated carbocycles. The predicted molar refractivity (Wildman–Crippen MR) is 72.7 cm³/mol. The van der Waals surface area contributed by atoms with E-state index in [0.29, 0.717) is 17.4 Å². The lowest BCUT2D eigenvalue weighted by Crippen LogP contribution is -1.99. The molecule has 2 aromatic rings. The van der Waals surface area contributed by atoms with Gasteiger partial charge in [0.25, 0.3) is 0 Å². The van der Waals surface area contributed by atoms with Gasteiger partial charge in [0.1, 0.15) is 17.4 Å². The summed E-state index contributed by atoms with van der Waals surface area (Å²) in [5.74, 6) is -1.52. The number of benzene rings is 2.